The van der Waals surface area contributed by atoms with E-state index in [-0.39, 0.29) is 0 Å². The smallest absolute Gasteiger partial charge is 0.221 e. The van der Waals surface area contributed by atoms with Crippen molar-refractivity contribution in [3.63, 3.8) is 0 Å². The van der Waals surface area contributed by atoms with Crippen LogP contribution in [0, 0.1) is 0 Å². The van der Waals surface area contributed by atoms with Crippen molar-refractivity contribution in [3.8, 4) is 0 Å². The molecule has 1 aliphatic rings. The second-order valence-electron chi connectivity index (χ2n) is 4.47. The van der Waals surface area contributed by atoms with Crippen molar-refractivity contribution in [2.24, 2.45) is 0 Å². The van der Waals surface area contributed by atoms with Crippen LogP contribution < -0.4 is 0 Å². The van der Waals surface area contributed by atoms with Gasteiger partial charge in [0.2, 0.25) is 5.79 Å². The molecule has 0 saturated carbocycles. The molecule has 2 unspecified atom stereocenters. The highest BCUT2D eigenvalue weighted by atomic mass is 16.7. The zero-order valence-corrected chi connectivity index (χ0v) is 10.4. The number of aliphatic hydroxyl groups excluding tert-OH is 3. The molecule has 0 aromatic carbocycles. The number of hydrogen-bond acceptors (Lipinski definition) is 7. The Hall–Kier alpha value is -0.280. The van der Waals surface area contributed by atoms with Gasteiger partial charge in [0.05, 0.1) is 6.61 Å². The number of rotatable bonds is 6. The van der Waals surface area contributed by atoms with Crippen LogP contribution in [0.5, 0.6) is 0 Å². The van der Waals surface area contributed by atoms with Crippen LogP contribution in [0.15, 0.2) is 0 Å². The highest BCUT2D eigenvalue weighted by molar-refractivity contribution is 4.94. The summed E-state index contributed by atoms with van der Waals surface area (Å²) in [7, 11) is 0. The molecule has 0 bridgehead atoms. The van der Waals surface area contributed by atoms with E-state index in [9.17, 15) is 20.4 Å². The molecule has 1 aliphatic heterocycles. The van der Waals surface area contributed by atoms with Crippen molar-refractivity contribution in [2.45, 2.75) is 56.6 Å². The van der Waals surface area contributed by atoms with E-state index >= 15 is 0 Å². The lowest BCUT2D eigenvalue weighted by Gasteiger charge is -2.44. The topological polar surface area (TPSA) is 120 Å². The Balaban J connectivity index is 2.54. The van der Waals surface area contributed by atoms with Gasteiger partial charge in [-0.05, 0) is 6.42 Å². The summed E-state index contributed by atoms with van der Waals surface area (Å²) in [5, 5.41) is 47.2. The first kappa shape index (κ1) is 15.8. The summed E-state index contributed by atoms with van der Waals surface area (Å²) in [6.45, 7) is 1.65. The van der Waals surface area contributed by atoms with Crippen LogP contribution in [0.25, 0.3) is 0 Å². The summed E-state index contributed by atoms with van der Waals surface area (Å²) in [6, 6.07) is 0. The Morgan fingerprint density at radius 3 is 2.44 bits per heavy atom. The van der Waals surface area contributed by atoms with Crippen molar-refractivity contribution in [3.05, 3.63) is 0 Å². The van der Waals surface area contributed by atoms with Gasteiger partial charge in [0.25, 0.3) is 0 Å². The zero-order chi connectivity index (χ0) is 13.8. The number of unbranched alkanes of at least 4 members (excludes halogenated alkanes) is 2. The van der Waals surface area contributed by atoms with E-state index in [1.165, 1.54) is 0 Å². The molecule has 18 heavy (non-hydrogen) atoms. The minimum absolute atomic E-state index is 0.324. The van der Waals surface area contributed by atoms with Crippen molar-refractivity contribution < 1.29 is 35.0 Å². The average molecular weight is 266 g/mol. The molecule has 1 fully saturated rings. The Bertz CT molecular complexity index is 242. The van der Waals surface area contributed by atoms with Crippen LogP contribution in [-0.4, -0.2) is 69.1 Å². The Labute approximate surface area is 106 Å². The molecule has 0 aromatic heterocycles. The lowest BCUT2D eigenvalue weighted by Crippen LogP contribution is -2.67. The summed E-state index contributed by atoms with van der Waals surface area (Å²) in [4.78, 5) is 0. The third-order valence-corrected chi connectivity index (χ3v) is 3.01. The SMILES string of the molecule is CCCCCO[C@@H]1OC(CO)C(O)(O)C(O)[C@@H]1O. The van der Waals surface area contributed by atoms with E-state index in [0.717, 1.165) is 19.3 Å². The molecule has 0 spiro atoms. The monoisotopic (exact) mass is 266 g/mol. The average Bonchev–Trinajstić information content (AvgIpc) is 2.34. The van der Waals surface area contributed by atoms with Crippen LogP contribution in [0.3, 0.4) is 0 Å². The minimum atomic E-state index is -2.70. The van der Waals surface area contributed by atoms with Crippen LogP contribution in [-0.2, 0) is 9.47 Å². The Kier molecular flexibility index (Phi) is 5.93. The molecule has 0 amide bonds. The molecule has 0 aliphatic carbocycles. The van der Waals surface area contributed by atoms with E-state index in [1.807, 2.05) is 6.92 Å². The predicted molar refractivity (Wildman–Crippen MR) is 60.4 cm³/mol. The lowest BCUT2D eigenvalue weighted by molar-refractivity contribution is -0.386. The first-order chi connectivity index (χ1) is 8.45. The van der Waals surface area contributed by atoms with E-state index in [0.29, 0.717) is 6.61 Å². The fourth-order valence-corrected chi connectivity index (χ4v) is 1.80. The van der Waals surface area contributed by atoms with Crippen molar-refractivity contribution >= 4 is 0 Å². The maximum absolute atomic E-state index is 9.64. The Morgan fingerprint density at radius 1 is 1.22 bits per heavy atom. The summed E-state index contributed by atoms with van der Waals surface area (Å²) in [5.41, 5.74) is 0. The molecule has 7 nitrogen and oxygen atoms in total. The van der Waals surface area contributed by atoms with Gasteiger partial charge in [-0.2, -0.15) is 0 Å². The minimum Gasteiger partial charge on any atom is -0.393 e. The van der Waals surface area contributed by atoms with Gasteiger partial charge in [-0.25, -0.2) is 0 Å². The van der Waals surface area contributed by atoms with Gasteiger partial charge in [0.15, 0.2) is 6.29 Å². The summed E-state index contributed by atoms with van der Waals surface area (Å²) in [5.74, 6) is -2.70. The largest absolute Gasteiger partial charge is 0.393 e. The highest BCUT2D eigenvalue weighted by Gasteiger charge is 2.54. The molecule has 1 saturated heterocycles. The molecule has 4 atom stereocenters. The van der Waals surface area contributed by atoms with E-state index < -0.39 is 37.0 Å². The quantitative estimate of drug-likeness (QED) is 0.287. The number of aliphatic hydroxyl groups is 5. The summed E-state index contributed by atoms with van der Waals surface area (Å²) >= 11 is 0. The molecular weight excluding hydrogens is 244 g/mol. The second kappa shape index (κ2) is 6.76. The molecule has 0 aromatic rings. The lowest BCUT2D eigenvalue weighted by atomic mass is 9.95. The van der Waals surface area contributed by atoms with Crippen LogP contribution in [0.1, 0.15) is 26.2 Å². The van der Waals surface area contributed by atoms with Crippen molar-refractivity contribution in [1.82, 2.24) is 0 Å². The van der Waals surface area contributed by atoms with Crippen LogP contribution >= 0.6 is 0 Å². The first-order valence-electron chi connectivity index (χ1n) is 6.13. The summed E-state index contributed by atoms with van der Waals surface area (Å²) in [6.07, 6.45) is -3.31. The number of hydrogen-bond donors (Lipinski definition) is 5. The molecular formula is C11H22O7. The normalized spacial score (nSPS) is 35.7. The molecule has 7 heteroatoms. The van der Waals surface area contributed by atoms with Gasteiger partial charge in [0, 0.05) is 6.61 Å². The third-order valence-electron chi connectivity index (χ3n) is 3.01. The van der Waals surface area contributed by atoms with E-state index in [4.69, 9.17) is 14.6 Å². The second-order valence-corrected chi connectivity index (χ2v) is 4.47. The predicted octanol–water partition coefficient (Wildman–Crippen LogP) is -1.69. The fraction of sp³-hybridized carbons (Fsp3) is 1.00. The van der Waals surface area contributed by atoms with E-state index in [2.05, 4.69) is 0 Å². The van der Waals surface area contributed by atoms with Crippen LogP contribution in [0.4, 0.5) is 0 Å². The van der Waals surface area contributed by atoms with Gasteiger partial charge < -0.3 is 35.0 Å². The third kappa shape index (κ3) is 3.39. The Morgan fingerprint density at radius 2 is 1.89 bits per heavy atom. The number of ether oxygens (including phenoxy) is 2. The molecule has 5 N–H and O–H groups in total. The van der Waals surface area contributed by atoms with Gasteiger partial charge >= 0.3 is 0 Å². The first-order valence-corrected chi connectivity index (χ1v) is 6.13. The van der Waals surface area contributed by atoms with Gasteiger partial charge in [-0.3, -0.25) is 0 Å². The molecule has 1 rings (SSSR count). The zero-order valence-electron chi connectivity index (χ0n) is 10.4. The van der Waals surface area contributed by atoms with Gasteiger partial charge in [-0.15, -0.1) is 0 Å². The fourth-order valence-electron chi connectivity index (χ4n) is 1.80. The maximum atomic E-state index is 9.64. The van der Waals surface area contributed by atoms with Crippen molar-refractivity contribution in [2.75, 3.05) is 13.2 Å². The van der Waals surface area contributed by atoms with Gasteiger partial charge in [0.1, 0.15) is 18.3 Å². The molecule has 0 radical (unpaired) electrons. The van der Waals surface area contributed by atoms with E-state index in [1.54, 1.807) is 0 Å². The standard InChI is InChI=1S/C11H22O7/c1-2-3-4-5-17-10-8(13)9(14)11(15,16)7(6-12)18-10/h7-10,12-16H,2-6H2,1H3/t7?,8-,9?,10+/m0/s1. The maximum Gasteiger partial charge on any atom is 0.221 e. The summed E-state index contributed by atoms with van der Waals surface area (Å²) < 4.78 is 10.3. The van der Waals surface area contributed by atoms with Crippen LogP contribution in [0.2, 0.25) is 0 Å². The van der Waals surface area contributed by atoms with Gasteiger partial charge in [-0.1, -0.05) is 19.8 Å². The van der Waals surface area contributed by atoms with Crippen molar-refractivity contribution in [1.29, 1.82) is 0 Å². The molecule has 1 heterocycles. The highest BCUT2D eigenvalue weighted by Crippen LogP contribution is 2.28. The molecule has 108 valence electrons.